The van der Waals surface area contributed by atoms with Crippen molar-refractivity contribution in [2.24, 2.45) is 5.92 Å². The fraction of sp³-hybridized carbons (Fsp3) is 0.846. The lowest BCUT2D eigenvalue weighted by Crippen LogP contribution is -2.30. The third-order valence-electron chi connectivity index (χ3n) is 3.60. The summed E-state index contributed by atoms with van der Waals surface area (Å²) in [6, 6.07) is 0.684. The molecule has 1 N–H and O–H groups in total. The molecule has 2 atom stereocenters. The Hall–Kier alpha value is -0.900. The number of rotatable bonds is 4. The van der Waals surface area contributed by atoms with E-state index < -0.39 is 0 Å². The van der Waals surface area contributed by atoms with E-state index in [2.05, 4.69) is 22.4 Å². The van der Waals surface area contributed by atoms with E-state index in [1.165, 1.54) is 32.1 Å². The van der Waals surface area contributed by atoms with E-state index in [0.29, 0.717) is 6.04 Å². The SMILES string of the molecule is Cc1noc(CCNC2CCCC(C)CC2)n1. The second-order valence-corrected chi connectivity index (χ2v) is 5.25. The molecular formula is C13H23N3O. The van der Waals surface area contributed by atoms with Crippen LogP contribution in [0.1, 0.15) is 50.7 Å². The predicted octanol–water partition coefficient (Wildman–Crippen LogP) is 2.48. The van der Waals surface area contributed by atoms with Crippen molar-refractivity contribution in [1.82, 2.24) is 15.5 Å². The molecule has 4 heteroatoms. The first kappa shape index (κ1) is 12.6. The van der Waals surface area contributed by atoms with Gasteiger partial charge in [-0.3, -0.25) is 0 Å². The van der Waals surface area contributed by atoms with Crippen molar-refractivity contribution in [3.8, 4) is 0 Å². The molecule has 2 unspecified atom stereocenters. The molecule has 0 aliphatic heterocycles. The van der Waals surface area contributed by atoms with Crippen LogP contribution in [0.5, 0.6) is 0 Å². The maximum Gasteiger partial charge on any atom is 0.227 e. The molecule has 1 fully saturated rings. The highest BCUT2D eigenvalue weighted by atomic mass is 16.5. The first-order valence-corrected chi connectivity index (χ1v) is 6.76. The lowest BCUT2D eigenvalue weighted by molar-refractivity contribution is 0.365. The second kappa shape index (κ2) is 6.15. The predicted molar refractivity (Wildman–Crippen MR) is 66.8 cm³/mol. The van der Waals surface area contributed by atoms with Crippen molar-refractivity contribution < 1.29 is 4.52 Å². The van der Waals surface area contributed by atoms with Gasteiger partial charge in [-0.25, -0.2) is 0 Å². The summed E-state index contributed by atoms with van der Waals surface area (Å²) in [6.07, 6.45) is 7.57. The van der Waals surface area contributed by atoms with Gasteiger partial charge in [0, 0.05) is 19.0 Å². The minimum atomic E-state index is 0.684. The molecule has 0 amide bonds. The van der Waals surface area contributed by atoms with Gasteiger partial charge in [-0.05, 0) is 32.1 Å². The molecule has 2 rings (SSSR count). The molecule has 1 aliphatic carbocycles. The van der Waals surface area contributed by atoms with Crippen molar-refractivity contribution in [2.75, 3.05) is 6.54 Å². The normalized spacial score (nSPS) is 25.8. The summed E-state index contributed by atoms with van der Waals surface area (Å²) < 4.78 is 5.09. The van der Waals surface area contributed by atoms with Gasteiger partial charge in [0.1, 0.15) is 0 Å². The Morgan fingerprint density at radius 3 is 2.94 bits per heavy atom. The van der Waals surface area contributed by atoms with Gasteiger partial charge in [0.25, 0.3) is 0 Å². The van der Waals surface area contributed by atoms with Crippen LogP contribution in [0, 0.1) is 12.8 Å². The van der Waals surface area contributed by atoms with E-state index in [1.54, 1.807) is 0 Å². The Morgan fingerprint density at radius 1 is 1.29 bits per heavy atom. The molecular weight excluding hydrogens is 214 g/mol. The molecule has 1 heterocycles. The van der Waals surface area contributed by atoms with Gasteiger partial charge in [-0.1, -0.05) is 24.9 Å². The summed E-state index contributed by atoms with van der Waals surface area (Å²) in [6.45, 7) is 5.16. The average Bonchev–Trinajstić information content (AvgIpc) is 2.59. The van der Waals surface area contributed by atoms with Crippen molar-refractivity contribution in [3.63, 3.8) is 0 Å². The van der Waals surface area contributed by atoms with Crippen molar-refractivity contribution >= 4 is 0 Å². The fourth-order valence-corrected chi connectivity index (χ4v) is 2.52. The molecule has 1 saturated carbocycles. The molecule has 0 aromatic carbocycles. The highest BCUT2D eigenvalue weighted by Crippen LogP contribution is 2.22. The lowest BCUT2D eigenvalue weighted by Gasteiger charge is -2.15. The van der Waals surface area contributed by atoms with Crippen molar-refractivity contribution in [1.29, 1.82) is 0 Å². The van der Waals surface area contributed by atoms with E-state index in [9.17, 15) is 0 Å². The Kier molecular flexibility index (Phi) is 4.54. The zero-order valence-corrected chi connectivity index (χ0v) is 10.9. The van der Waals surface area contributed by atoms with Crippen LogP contribution in [0.25, 0.3) is 0 Å². The number of aryl methyl sites for hydroxylation is 1. The van der Waals surface area contributed by atoms with Crippen LogP contribution in [0.3, 0.4) is 0 Å². The van der Waals surface area contributed by atoms with Crippen LogP contribution in [0.15, 0.2) is 4.52 Å². The quantitative estimate of drug-likeness (QED) is 0.817. The van der Waals surface area contributed by atoms with Crippen LogP contribution < -0.4 is 5.32 Å². The zero-order valence-electron chi connectivity index (χ0n) is 10.9. The first-order chi connectivity index (χ1) is 8.24. The summed E-state index contributed by atoms with van der Waals surface area (Å²) in [5, 5.41) is 7.41. The number of nitrogens with zero attached hydrogens (tertiary/aromatic N) is 2. The van der Waals surface area contributed by atoms with Gasteiger partial charge in [-0.15, -0.1) is 0 Å². The second-order valence-electron chi connectivity index (χ2n) is 5.25. The fourth-order valence-electron chi connectivity index (χ4n) is 2.52. The molecule has 1 aliphatic rings. The molecule has 0 spiro atoms. The van der Waals surface area contributed by atoms with Crippen LogP contribution in [-0.4, -0.2) is 22.7 Å². The highest BCUT2D eigenvalue weighted by molar-refractivity contribution is 4.84. The first-order valence-electron chi connectivity index (χ1n) is 6.76. The topological polar surface area (TPSA) is 51.0 Å². The molecule has 0 bridgehead atoms. The standard InChI is InChI=1S/C13H23N3O/c1-10-4-3-5-12(7-6-10)14-9-8-13-15-11(2)16-17-13/h10,12,14H,3-9H2,1-2H3. The molecule has 0 radical (unpaired) electrons. The van der Waals surface area contributed by atoms with Crippen molar-refractivity contribution in [3.05, 3.63) is 11.7 Å². The van der Waals surface area contributed by atoms with Gasteiger partial charge >= 0.3 is 0 Å². The summed E-state index contributed by atoms with van der Waals surface area (Å²) in [5.74, 6) is 2.38. The third-order valence-corrected chi connectivity index (χ3v) is 3.60. The van der Waals surface area contributed by atoms with E-state index in [1.807, 2.05) is 6.92 Å². The Labute approximate surface area is 103 Å². The average molecular weight is 237 g/mol. The van der Waals surface area contributed by atoms with E-state index in [4.69, 9.17) is 4.52 Å². The Balaban J connectivity index is 1.67. The number of hydrogen-bond donors (Lipinski definition) is 1. The Morgan fingerprint density at radius 2 is 2.18 bits per heavy atom. The van der Waals surface area contributed by atoms with Crippen LogP contribution in [0.2, 0.25) is 0 Å². The van der Waals surface area contributed by atoms with Crippen LogP contribution in [0.4, 0.5) is 0 Å². The molecule has 0 saturated heterocycles. The molecule has 1 aromatic heterocycles. The number of aromatic nitrogens is 2. The molecule has 1 aromatic rings. The number of nitrogens with one attached hydrogen (secondary N) is 1. The summed E-state index contributed by atoms with van der Waals surface area (Å²) in [4.78, 5) is 4.21. The van der Waals surface area contributed by atoms with Gasteiger partial charge in [-0.2, -0.15) is 4.98 Å². The smallest absolute Gasteiger partial charge is 0.227 e. The molecule has 17 heavy (non-hydrogen) atoms. The zero-order chi connectivity index (χ0) is 12.1. The van der Waals surface area contributed by atoms with Crippen LogP contribution in [-0.2, 0) is 6.42 Å². The summed E-state index contributed by atoms with van der Waals surface area (Å²) in [7, 11) is 0. The monoisotopic (exact) mass is 237 g/mol. The van der Waals surface area contributed by atoms with Crippen LogP contribution >= 0.6 is 0 Å². The van der Waals surface area contributed by atoms with E-state index in [-0.39, 0.29) is 0 Å². The van der Waals surface area contributed by atoms with Gasteiger partial charge < -0.3 is 9.84 Å². The number of hydrogen-bond acceptors (Lipinski definition) is 4. The summed E-state index contributed by atoms with van der Waals surface area (Å²) >= 11 is 0. The van der Waals surface area contributed by atoms with E-state index >= 15 is 0 Å². The molecule has 4 nitrogen and oxygen atoms in total. The maximum absolute atomic E-state index is 5.09. The Bertz CT molecular complexity index is 337. The van der Waals surface area contributed by atoms with Gasteiger partial charge in [0.2, 0.25) is 5.89 Å². The lowest BCUT2D eigenvalue weighted by atomic mass is 10.0. The maximum atomic E-state index is 5.09. The van der Waals surface area contributed by atoms with Crippen molar-refractivity contribution in [2.45, 2.75) is 58.4 Å². The minimum Gasteiger partial charge on any atom is -0.339 e. The minimum absolute atomic E-state index is 0.684. The van der Waals surface area contributed by atoms with Gasteiger partial charge in [0.15, 0.2) is 5.82 Å². The largest absolute Gasteiger partial charge is 0.339 e. The summed E-state index contributed by atoms with van der Waals surface area (Å²) in [5.41, 5.74) is 0. The van der Waals surface area contributed by atoms with Gasteiger partial charge in [0.05, 0.1) is 0 Å². The third kappa shape index (κ3) is 4.11. The highest BCUT2D eigenvalue weighted by Gasteiger charge is 2.15. The molecule has 96 valence electrons. The van der Waals surface area contributed by atoms with E-state index in [0.717, 1.165) is 30.6 Å².